The van der Waals surface area contributed by atoms with Crippen molar-refractivity contribution in [2.75, 3.05) is 19.6 Å². The number of carboxylic acid groups (broad SMARTS) is 1. The molecule has 3 aliphatic heterocycles. The summed E-state index contributed by atoms with van der Waals surface area (Å²) < 4.78 is 17.0. The Hall–Kier alpha value is -2.77. The van der Waals surface area contributed by atoms with Gasteiger partial charge in [0.05, 0.1) is 11.0 Å². The van der Waals surface area contributed by atoms with Crippen molar-refractivity contribution < 1.29 is 14.3 Å². The molecule has 0 amide bonds. The Morgan fingerprint density at radius 1 is 0.976 bits per heavy atom. The molecular weight excluding hydrogens is 527 g/mol. The molecule has 0 radical (unpaired) electrons. The lowest BCUT2D eigenvalue weighted by Gasteiger charge is -2.42. The normalized spacial score (nSPS) is 29.8. The molecular formula is C35H45FN4O2. The Morgan fingerprint density at radius 2 is 1.74 bits per heavy atom. The third-order valence-corrected chi connectivity index (χ3v) is 11.1. The molecule has 7 heteroatoms. The molecule has 1 aliphatic carbocycles. The molecule has 4 heterocycles. The van der Waals surface area contributed by atoms with Crippen LogP contribution in [0, 0.1) is 17.7 Å². The third-order valence-electron chi connectivity index (χ3n) is 11.1. The zero-order valence-corrected chi connectivity index (χ0v) is 24.9. The zero-order valence-electron chi connectivity index (χ0n) is 24.9. The number of piperidine rings is 1. The predicted molar refractivity (Wildman–Crippen MR) is 163 cm³/mol. The van der Waals surface area contributed by atoms with Crippen LogP contribution in [0.25, 0.3) is 11.0 Å². The molecule has 1 N–H and O–H groups in total. The molecule has 1 saturated carbocycles. The minimum atomic E-state index is -0.680. The molecule has 0 spiro atoms. The first kappa shape index (κ1) is 28.0. The second-order valence-corrected chi connectivity index (χ2v) is 13.5. The summed E-state index contributed by atoms with van der Waals surface area (Å²) in [5.41, 5.74) is 3.38. The zero-order chi connectivity index (χ0) is 28.8. The highest BCUT2D eigenvalue weighted by Gasteiger charge is 2.47. The molecule has 1 aromatic heterocycles. The molecule has 3 aromatic rings. The van der Waals surface area contributed by atoms with Crippen LogP contribution in [0.2, 0.25) is 0 Å². The van der Waals surface area contributed by atoms with Gasteiger partial charge in [-0.2, -0.15) is 0 Å². The number of aliphatic carboxylic acids is 1. The number of carboxylic acids is 1. The minimum Gasteiger partial charge on any atom is -0.480 e. The van der Waals surface area contributed by atoms with Gasteiger partial charge in [0, 0.05) is 50.1 Å². The highest BCUT2D eigenvalue weighted by molar-refractivity contribution is 5.76. The van der Waals surface area contributed by atoms with E-state index in [4.69, 9.17) is 4.98 Å². The number of imidazole rings is 1. The van der Waals surface area contributed by atoms with Crippen molar-refractivity contribution in [3.8, 4) is 0 Å². The number of fused-ring (bicyclic) bond motifs is 3. The van der Waals surface area contributed by atoms with Gasteiger partial charge in [0.25, 0.3) is 0 Å². The van der Waals surface area contributed by atoms with Crippen LogP contribution in [-0.2, 0) is 11.2 Å². The summed E-state index contributed by atoms with van der Waals surface area (Å²) in [7, 11) is 0. The lowest BCUT2D eigenvalue weighted by Crippen LogP contribution is -2.48. The molecule has 3 saturated heterocycles. The Balaban J connectivity index is 1.13. The average Bonchev–Trinajstić information content (AvgIpc) is 3.64. The van der Waals surface area contributed by atoms with Crippen molar-refractivity contribution in [1.29, 1.82) is 0 Å². The third kappa shape index (κ3) is 5.17. The number of rotatable bonds is 8. The van der Waals surface area contributed by atoms with Gasteiger partial charge in [-0.05, 0) is 80.2 Å². The largest absolute Gasteiger partial charge is 0.480 e. The van der Waals surface area contributed by atoms with Gasteiger partial charge in [0.2, 0.25) is 0 Å². The lowest BCUT2D eigenvalue weighted by molar-refractivity contribution is -0.145. The van der Waals surface area contributed by atoms with Crippen LogP contribution < -0.4 is 0 Å². The number of aryl methyl sites for hydroxylation is 1. The van der Waals surface area contributed by atoms with E-state index in [1.807, 2.05) is 6.07 Å². The van der Waals surface area contributed by atoms with Crippen LogP contribution in [-0.4, -0.2) is 68.2 Å². The lowest BCUT2D eigenvalue weighted by atomic mass is 9.83. The number of halogens is 1. The molecule has 6 nitrogen and oxygen atoms in total. The maximum Gasteiger partial charge on any atom is 0.321 e. The van der Waals surface area contributed by atoms with E-state index in [0.717, 1.165) is 69.1 Å². The number of benzene rings is 2. The topological polar surface area (TPSA) is 61.6 Å². The minimum absolute atomic E-state index is 0.146. The standard InChI is InChI=1S/C35H45FN4O2/c1-2-33-37-31-13-6-7-14-32(31)40(33)29-18-27-15-16-28(19-29)39(27)21-25-20-38(22-30(25)24-11-8-12-26(36)17-24)34(35(41)42)23-9-4-3-5-10-23/h6-8,11-14,17,23,25,27-30,34H,2-5,9-10,15-16,18-22H2,1H3,(H,41,42)/t25-,27-,28+,29-,30-,34-/m1/s1. The number of nitrogens with zero attached hydrogens (tertiary/aromatic N) is 4. The summed E-state index contributed by atoms with van der Waals surface area (Å²) in [6.45, 7) is 4.65. The van der Waals surface area contributed by atoms with E-state index in [-0.39, 0.29) is 23.6 Å². The molecule has 7 rings (SSSR count). The van der Waals surface area contributed by atoms with Crippen molar-refractivity contribution in [3.63, 3.8) is 0 Å². The molecule has 6 atom stereocenters. The van der Waals surface area contributed by atoms with Gasteiger partial charge < -0.3 is 9.67 Å². The van der Waals surface area contributed by atoms with Gasteiger partial charge in [0.15, 0.2) is 0 Å². The second-order valence-electron chi connectivity index (χ2n) is 13.5. The summed E-state index contributed by atoms with van der Waals surface area (Å²) in [4.78, 5) is 22.7. The van der Waals surface area contributed by atoms with Crippen molar-refractivity contribution in [2.24, 2.45) is 11.8 Å². The first-order valence-corrected chi connectivity index (χ1v) is 16.4. The van der Waals surface area contributed by atoms with E-state index >= 15 is 0 Å². The summed E-state index contributed by atoms with van der Waals surface area (Å²) >= 11 is 0. The van der Waals surface area contributed by atoms with E-state index < -0.39 is 12.0 Å². The molecule has 42 heavy (non-hydrogen) atoms. The monoisotopic (exact) mass is 572 g/mol. The number of carbonyl (C=O) groups is 1. The molecule has 4 aliphatic rings. The predicted octanol–water partition coefficient (Wildman–Crippen LogP) is 6.65. The van der Waals surface area contributed by atoms with Crippen LogP contribution in [0.1, 0.15) is 88.1 Å². The fourth-order valence-corrected chi connectivity index (χ4v) is 9.31. The Bertz CT molecular complexity index is 1400. The van der Waals surface area contributed by atoms with Crippen molar-refractivity contribution >= 4 is 17.0 Å². The summed E-state index contributed by atoms with van der Waals surface area (Å²) in [5, 5.41) is 10.4. The van der Waals surface area contributed by atoms with Crippen molar-refractivity contribution in [3.05, 3.63) is 65.7 Å². The van der Waals surface area contributed by atoms with E-state index in [1.165, 1.54) is 36.7 Å². The van der Waals surface area contributed by atoms with Crippen LogP contribution in [0.5, 0.6) is 0 Å². The quantitative estimate of drug-likeness (QED) is 0.327. The fraction of sp³-hybridized carbons (Fsp3) is 0.600. The maximum atomic E-state index is 14.4. The number of likely N-dealkylation sites (tertiary alicyclic amines) is 1. The van der Waals surface area contributed by atoms with Gasteiger partial charge in [-0.25, -0.2) is 9.37 Å². The number of hydrogen-bond acceptors (Lipinski definition) is 4. The maximum absolute atomic E-state index is 14.4. The van der Waals surface area contributed by atoms with Crippen LogP contribution in [0.4, 0.5) is 4.39 Å². The molecule has 2 bridgehead atoms. The Labute approximate surface area is 248 Å². The van der Waals surface area contributed by atoms with Gasteiger partial charge in [0.1, 0.15) is 17.7 Å². The summed E-state index contributed by atoms with van der Waals surface area (Å²) in [6, 6.07) is 16.7. The second kappa shape index (κ2) is 11.7. The molecule has 224 valence electrons. The number of aromatic nitrogens is 2. The van der Waals surface area contributed by atoms with Crippen molar-refractivity contribution in [2.45, 2.75) is 101 Å². The van der Waals surface area contributed by atoms with E-state index in [2.05, 4.69) is 51.6 Å². The van der Waals surface area contributed by atoms with Gasteiger partial charge >= 0.3 is 5.97 Å². The first-order chi connectivity index (χ1) is 20.5. The van der Waals surface area contributed by atoms with E-state index in [0.29, 0.717) is 24.7 Å². The van der Waals surface area contributed by atoms with E-state index in [9.17, 15) is 14.3 Å². The highest BCUT2D eigenvalue weighted by atomic mass is 19.1. The van der Waals surface area contributed by atoms with Gasteiger partial charge in [-0.1, -0.05) is 50.5 Å². The first-order valence-electron chi connectivity index (χ1n) is 16.4. The van der Waals surface area contributed by atoms with Gasteiger partial charge in [-0.15, -0.1) is 0 Å². The SMILES string of the molecule is CCc1nc2ccccc2n1[C@@H]1C[C@H]2CC[C@@H](C1)N2C[C@H]1CN([C@@H](C(=O)O)C2CCCCC2)C[C@@H]1c1cccc(F)c1. The summed E-state index contributed by atoms with van der Waals surface area (Å²) in [6.07, 6.45) is 11.1. The molecule has 2 aromatic carbocycles. The number of para-hydroxylation sites is 2. The molecule has 4 fully saturated rings. The Morgan fingerprint density at radius 3 is 2.45 bits per heavy atom. The van der Waals surface area contributed by atoms with Crippen LogP contribution in [0.3, 0.4) is 0 Å². The van der Waals surface area contributed by atoms with Crippen LogP contribution >= 0.6 is 0 Å². The van der Waals surface area contributed by atoms with Gasteiger partial charge in [-0.3, -0.25) is 14.6 Å². The Kier molecular flexibility index (Phi) is 7.82. The van der Waals surface area contributed by atoms with Crippen molar-refractivity contribution in [1.82, 2.24) is 19.4 Å². The number of hydrogen-bond donors (Lipinski definition) is 1. The fourth-order valence-electron chi connectivity index (χ4n) is 9.31. The summed E-state index contributed by atoms with van der Waals surface area (Å²) in [5.74, 6) is 0.958. The highest BCUT2D eigenvalue weighted by Crippen LogP contribution is 2.45. The molecule has 0 unspecified atom stereocenters. The average molecular weight is 573 g/mol. The smallest absolute Gasteiger partial charge is 0.321 e. The van der Waals surface area contributed by atoms with E-state index in [1.54, 1.807) is 6.07 Å². The van der Waals surface area contributed by atoms with Crippen LogP contribution in [0.15, 0.2) is 48.5 Å².